The molecule has 2 amide bonds. The number of nitrogens with one attached hydrogen (secondary N) is 1. The molecule has 0 spiro atoms. The van der Waals surface area contributed by atoms with Crippen molar-refractivity contribution in [3.05, 3.63) is 59.7 Å². The smallest absolute Gasteiger partial charge is 0.253 e. The molecule has 2 aromatic carbocycles. The molecule has 166 valence electrons. The molecular formula is C25H33N3O3. The molecule has 0 saturated carbocycles. The van der Waals surface area contributed by atoms with Gasteiger partial charge in [0.25, 0.3) is 5.91 Å². The molecule has 3 rings (SSSR count). The van der Waals surface area contributed by atoms with E-state index in [0.29, 0.717) is 38.1 Å². The highest BCUT2D eigenvalue weighted by Crippen LogP contribution is 2.17. The Kier molecular flexibility index (Phi) is 7.93. The summed E-state index contributed by atoms with van der Waals surface area (Å²) in [6.07, 6.45) is 2.70. The van der Waals surface area contributed by atoms with E-state index in [2.05, 4.69) is 5.32 Å². The first-order valence-electron chi connectivity index (χ1n) is 11.0. The highest BCUT2D eigenvalue weighted by Gasteiger charge is 2.24. The van der Waals surface area contributed by atoms with Crippen LogP contribution >= 0.6 is 0 Å². The molecule has 0 aliphatic carbocycles. The fraction of sp³-hybridized carbons (Fsp3) is 0.440. The van der Waals surface area contributed by atoms with Gasteiger partial charge >= 0.3 is 0 Å². The minimum absolute atomic E-state index is 0.0524. The second-order valence-corrected chi connectivity index (χ2v) is 8.34. The van der Waals surface area contributed by atoms with Crippen LogP contribution in [0.5, 0.6) is 5.75 Å². The number of likely N-dealkylation sites (tertiary alicyclic amines) is 1. The van der Waals surface area contributed by atoms with Crippen molar-refractivity contribution in [2.24, 2.45) is 0 Å². The van der Waals surface area contributed by atoms with Crippen LogP contribution in [0.25, 0.3) is 0 Å². The highest BCUT2D eigenvalue weighted by molar-refractivity contribution is 5.94. The summed E-state index contributed by atoms with van der Waals surface area (Å²) < 4.78 is 5.68. The lowest BCUT2D eigenvalue weighted by Crippen LogP contribution is -2.46. The zero-order valence-electron chi connectivity index (χ0n) is 18.8. The van der Waals surface area contributed by atoms with Crippen molar-refractivity contribution in [3.63, 3.8) is 0 Å². The summed E-state index contributed by atoms with van der Waals surface area (Å²) in [5.41, 5.74) is 2.98. The molecule has 1 aliphatic heterocycles. The summed E-state index contributed by atoms with van der Waals surface area (Å²) >= 11 is 0. The number of hydrogen-bond acceptors (Lipinski definition) is 4. The molecule has 1 N–H and O–H groups in total. The maximum atomic E-state index is 12.7. The monoisotopic (exact) mass is 423 g/mol. The van der Waals surface area contributed by atoms with Crippen LogP contribution < -0.4 is 15.0 Å². The summed E-state index contributed by atoms with van der Waals surface area (Å²) in [5, 5.41) is 3.11. The summed E-state index contributed by atoms with van der Waals surface area (Å²) in [4.78, 5) is 28.9. The molecule has 2 aromatic rings. The summed E-state index contributed by atoms with van der Waals surface area (Å²) in [6.45, 7) is 3.89. The van der Waals surface area contributed by atoms with Crippen molar-refractivity contribution in [2.75, 3.05) is 38.7 Å². The van der Waals surface area contributed by atoms with Gasteiger partial charge in [0.2, 0.25) is 5.91 Å². The Morgan fingerprint density at radius 2 is 1.68 bits per heavy atom. The first-order valence-corrected chi connectivity index (χ1v) is 11.0. The third-order valence-electron chi connectivity index (χ3n) is 5.62. The Bertz CT molecular complexity index is 855. The fourth-order valence-corrected chi connectivity index (χ4v) is 3.67. The number of piperidine rings is 1. The average molecular weight is 424 g/mol. The quantitative estimate of drug-likeness (QED) is 0.659. The summed E-state index contributed by atoms with van der Waals surface area (Å²) in [5.74, 6) is 0.944. The van der Waals surface area contributed by atoms with E-state index < -0.39 is 0 Å². The van der Waals surface area contributed by atoms with Gasteiger partial charge in [0.1, 0.15) is 5.75 Å². The van der Waals surface area contributed by atoms with Crippen molar-refractivity contribution in [3.8, 4) is 5.75 Å². The fourth-order valence-electron chi connectivity index (χ4n) is 3.67. The number of carbonyl (C=O) groups excluding carboxylic acids is 2. The number of hydrogen-bond donors (Lipinski definition) is 1. The van der Waals surface area contributed by atoms with E-state index in [4.69, 9.17) is 4.74 Å². The number of ether oxygens (including phenoxy) is 1. The molecule has 1 aliphatic rings. The molecule has 0 radical (unpaired) electrons. The minimum Gasteiger partial charge on any atom is -0.494 e. The maximum Gasteiger partial charge on any atom is 0.253 e. The number of anilines is 1. The third-order valence-corrected chi connectivity index (χ3v) is 5.62. The number of amides is 2. The predicted octanol–water partition coefficient (Wildman–Crippen LogP) is 3.64. The van der Waals surface area contributed by atoms with Gasteiger partial charge < -0.3 is 19.9 Å². The highest BCUT2D eigenvalue weighted by atomic mass is 16.5. The first kappa shape index (κ1) is 22.7. The number of carbonyl (C=O) groups is 2. The second-order valence-electron chi connectivity index (χ2n) is 8.34. The van der Waals surface area contributed by atoms with E-state index in [9.17, 15) is 9.59 Å². The molecule has 31 heavy (non-hydrogen) atoms. The molecule has 0 bridgehead atoms. The third kappa shape index (κ3) is 6.74. The Morgan fingerprint density at radius 1 is 1.03 bits per heavy atom. The van der Waals surface area contributed by atoms with Gasteiger partial charge in [-0.25, -0.2) is 0 Å². The zero-order valence-corrected chi connectivity index (χ0v) is 18.8. The number of rotatable bonds is 8. The lowest BCUT2D eigenvalue weighted by atomic mass is 10.0. The van der Waals surface area contributed by atoms with Crippen LogP contribution in [0.1, 0.15) is 41.6 Å². The zero-order chi connectivity index (χ0) is 22.2. The van der Waals surface area contributed by atoms with Crippen LogP contribution in [0.3, 0.4) is 0 Å². The summed E-state index contributed by atoms with van der Waals surface area (Å²) in [7, 11) is 3.96. The number of benzene rings is 2. The van der Waals surface area contributed by atoms with Crippen molar-refractivity contribution < 1.29 is 14.3 Å². The Hall–Kier alpha value is -3.02. The topological polar surface area (TPSA) is 61.9 Å². The molecule has 1 saturated heterocycles. The molecule has 1 fully saturated rings. The van der Waals surface area contributed by atoms with Crippen molar-refractivity contribution in [1.82, 2.24) is 10.2 Å². The van der Waals surface area contributed by atoms with Crippen LogP contribution in [-0.2, 0) is 4.79 Å². The predicted molar refractivity (Wildman–Crippen MR) is 124 cm³/mol. The van der Waals surface area contributed by atoms with Gasteiger partial charge in [-0.05, 0) is 62.6 Å². The molecular weight excluding hydrogens is 390 g/mol. The molecule has 0 unspecified atom stereocenters. The number of nitrogens with zero attached hydrogens (tertiary/aromatic N) is 2. The van der Waals surface area contributed by atoms with Gasteiger partial charge in [-0.3, -0.25) is 9.59 Å². The van der Waals surface area contributed by atoms with E-state index in [1.807, 2.05) is 79.3 Å². The first-order chi connectivity index (χ1) is 14.9. The van der Waals surface area contributed by atoms with Gasteiger partial charge in [0.05, 0.1) is 6.61 Å². The Morgan fingerprint density at radius 3 is 2.29 bits per heavy atom. The second kappa shape index (κ2) is 10.8. The van der Waals surface area contributed by atoms with E-state index in [0.717, 1.165) is 24.3 Å². The van der Waals surface area contributed by atoms with E-state index in [1.54, 1.807) is 0 Å². The van der Waals surface area contributed by atoms with E-state index in [1.165, 1.54) is 5.56 Å². The van der Waals surface area contributed by atoms with E-state index >= 15 is 0 Å². The van der Waals surface area contributed by atoms with Gasteiger partial charge in [-0.15, -0.1) is 0 Å². The molecule has 0 aromatic heterocycles. The maximum absolute atomic E-state index is 12.7. The van der Waals surface area contributed by atoms with Crippen molar-refractivity contribution >= 4 is 17.5 Å². The number of aryl methyl sites for hydroxylation is 1. The molecule has 6 nitrogen and oxygen atoms in total. The largest absolute Gasteiger partial charge is 0.494 e. The SMILES string of the molecule is Cc1ccc(OCCCC(=O)NC2CCN(C(=O)c3ccc(N(C)C)cc3)CC2)cc1. The minimum atomic E-state index is 0.0524. The molecule has 1 heterocycles. The van der Waals surface area contributed by atoms with Gasteiger partial charge in [-0.2, -0.15) is 0 Å². The molecule has 0 atom stereocenters. The molecule has 6 heteroatoms. The van der Waals surface area contributed by atoms with Gasteiger partial charge in [0.15, 0.2) is 0 Å². The standard InChI is InChI=1S/C25H33N3O3/c1-19-6-12-23(13-7-19)31-18-4-5-24(29)26-21-14-16-28(17-15-21)25(30)20-8-10-22(11-9-20)27(2)3/h6-13,21H,4-5,14-18H2,1-3H3,(H,26,29). The normalized spacial score (nSPS) is 14.2. The van der Waals surface area contributed by atoms with Crippen LogP contribution in [0, 0.1) is 6.92 Å². The van der Waals surface area contributed by atoms with E-state index in [-0.39, 0.29) is 17.9 Å². The van der Waals surface area contributed by atoms with Gasteiger partial charge in [-0.1, -0.05) is 17.7 Å². The van der Waals surface area contributed by atoms with Crippen LogP contribution in [-0.4, -0.2) is 56.5 Å². The average Bonchev–Trinajstić information content (AvgIpc) is 2.78. The van der Waals surface area contributed by atoms with Crippen LogP contribution in [0.2, 0.25) is 0 Å². The Labute approximate surface area is 185 Å². The van der Waals surface area contributed by atoms with Gasteiger partial charge in [0, 0.05) is 50.9 Å². The van der Waals surface area contributed by atoms with Crippen molar-refractivity contribution in [2.45, 2.75) is 38.6 Å². The van der Waals surface area contributed by atoms with Crippen molar-refractivity contribution in [1.29, 1.82) is 0 Å². The Balaban J connectivity index is 1.35. The van der Waals surface area contributed by atoms with Crippen LogP contribution in [0.4, 0.5) is 5.69 Å². The van der Waals surface area contributed by atoms with Crippen LogP contribution in [0.15, 0.2) is 48.5 Å². The summed E-state index contributed by atoms with van der Waals surface area (Å²) in [6, 6.07) is 15.7. The lowest BCUT2D eigenvalue weighted by Gasteiger charge is -2.32. The lowest BCUT2D eigenvalue weighted by molar-refractivity contribution is -0.122.